The van der Waals surface area contributed by atoms with Crippen LogP contribution in [0, 0.1) is 5.41 Å². The van der Waals surface area contributed by atoms with Gasteiger partial charge >= 0.3 is 0 Å². The van der Waals surface area contributed by atoms with E-state index in [4.69, 9.17) is 0 Å². The second kappa shape index (κ2) is 7.61. The molecule has 2 amide bonds. The number of likely N-dealkylation sites (tertiary alicyclic amines) is 1. The number of imidazole rings is 1. The SMILES string of the molecule is CCN(CC)C(=O)c1cn(C2CCC23CCN(C(=O)c2cncn2C)CC3)nn1. The van der Waals surface area contributed by atoms with Crippen molar-refractivity contribution in [3.8, 4) is 0 Å². The quantitative estimate of drug-likeness (QED) is 0.764. The molecule has 1 aliphatic heterocycles. The summed E-state index contributed by atoms with van der Waals surface area (Å²) in [4.78, 5) is 33.0. The van der Waals surface area contributed by atoms with E-state index in [1.807, 2.05) is 30.5 Å². The van der Waals surface area contributed by atoms with Crippen molar-refractivity contribution in [2.45, 2.75) is 45.6 Å². The third kappa shape index (κ3) is 3.32. The first-order valence-corrected chi connectivity index (χ1v) is 10.5. The number of hydrogen-bond acceptors (Lipinski definition) is 5. The van der Waals surface area contributed by atoms with Crippen LogP contribution in [0.1, 0.15) is 66.5 Å². The zero-order valence-corrected chi connectivity index (χ0v) is 17.4. The molecule has 1 aliphatic carbocycles. The Hall–Kier alpha value is -2.71. The lowest BCUT2D eigenvalue weighted by Crippen LogP contribution is -2.51. The average Bonchev–Trinajstić information content (AvgIpc) is 3.37. The van der Waals surface area contributed by atoms with Crippen LogP contribution in [0.3, 0.4) is 0 Å². The molecular weight excluding hydrogens is 370 g/mol. The van der Waals surface area contributed by atoms with Crippen LogP contribution >= 0.6 is 0 Å². The van der Waals surface area contributed by atoms with E-state index in [2.05, 4.69) is 15.3 Å². The second-order valence-corrected chi connectivity index (χ2v) is 8.16. The molecular formula is C20H29N7O2. The van der Waals surface area contributed by atoms with E-state index in [0.717, 1.165) is 38.8 Å². The molecule has 29 heavy (non-hydrogen) atoms. The van der Waals surface area contributed by atoms with Crippen molar-refractivity contribution in [2.24, 2.45) is 12.5 Å². The van der Waals surface area contributed by atoms with Crippen molar-refractivity contribution in [2.75, 3.05) is 26.2 Å². The molecule has 2 aliphatic rings. The predicted molar refractivity (Wildman–Crippen MR) is 106 cm³/mol. The fourth-order valence-corrected chi connectivity index (χ4v) is 4.76. The maximum Gasteiger partial charge on any atom is 0.276 e. The maximum atomic E-state index is 12.7. The monoisotopic (exact) mass is 399 g/mol. The molecule has 0 radical (unpaired) electrons. The fraction of sp³-hybridized carbons (Fsp3) is 0.650. The van der Waals surface area contributed by atoms with E-state index in [1.165, 1.54) is 0 Å². The van der Waals surface area contributed by atoms with Gasteiger partial charge in [0.1, 0.15) is 5.69 Å². The minimum atomic E-state index is -0.0637. The van der Waals surface area contributed by atoms with Crippen LogP contribution in [-0.2, 0) is 7.05 Å². The number of aromatic nitrogens is 5. The molecule has 1 atom stereocenters. The molecule has 0 aromatic carbocycles. The summed E-state index contributed by atoms with van der Waals surface area (Å²) < 4.78 is 3.65. The van der Waals surface area contributed by atoms with Crippen molar-refractivity contribution in [3.05, 3.63) is 30.1 Å². The Morgan fingerprint density at radius 3 is 2.48 bits per heavy atom. The summed E-state index contributed by atoms with van der Waals surface area (Å²) >= 11 is 0. The van der Waals surface area contributed by atoms with Gasteiger partial charge < -0.3 is 14.4 Å². The van der Waals surface area contributed by atoms with Crippen LogP contribution in [0.15, 0.2) is 18.7 Å². The molecule has 156 valence electrons. The molecule has 9 nitrogen and oxygen atoms in total. The number of hydrogen-bond donors (Lipinski definition) is 0. The van der Waals surface area contributed by atoms with Crippen molar-refractivity contribution in [1.82, 2.24) is 34.3 Å². The van der Waals surface area contributed by atoms with Gasteiger partial charge in [-0.2, -0.15) is 0 Å². The van der Waals surface area contributed by atoms with E-state index in [9.17, 15) is 9.59 Å². The molecule has 3 heterocycles. The topological polar surface area (TPSA) is 89.2 Å². The van der Waals surface area contributed by atoms with Crippen LogP contribution in [0.2, 0.25) is 0 Å². The number of nitrogens with zero attached hydrogens (tertiary/aromatic N) is 7. The van der Waals surface area contributed by atoms with Gasteiger partial charge in [0.25, 0.3) is 11.8 Å². The Morgan fingerprint density at radius 2 is 1.93 bits per heavy atom. The third-order valence-electron chi connectivity index (χ3n) is 6.80. The van der Waals surface area contributed by atoms with Crippen molar-refractivity contribution in [1.29, 1.82) is 0 Å². The summed E-state index contributed by atoms with van der Waals surface area (Å²) in [6, 6.07) is 0.252. The fourth-order valence-electron chi connectivity index (χ4n) is 4.76. The van der Waals surface area contributed by atoms with Gasteiger partial charge in [-0.05, 0) is 44.9 Å². The van der Waals surface area contributed by atoms with Gasteiger partial charge in [0.05, 0.1) is 24.8 Å². The Kier molecular flexibility index (Phi) is 5.14. The summed E-state index contributed by atoms with van der Waals surface area (Å²) in [6.07, 6.45) is 9.15. The van der Waals surface area contributed by atoms with Gasteiger partial charge in [-0.1, -0.05) is 5.21 Å². The summed E-state index contributed by atoms with van der Waals surface area (Å²) in [5.74, 6) is -0.0187. The number of piperidine rings is 1. The van der Waals surface area contributed by atoms with E-state index in [-0.39, 0.29) is 23.3 Å². The van der Waals surface area contributed by atoms with E-state index in [1.54, 1.807) is 28.2 Å². The van der Waals surface area contributed by atoms with E-state index in [0.29, 0.717) is 24.5 Å². The van der Waals surface area contributed by atoms with E-state index >= 15 is 0 Å². The average molecular weight is 399 g/mol. The van der Waals surface area contributed by atoms with Crippen molar-refractivity contribution >= 4 is 11.8 Å². The number of amides is 2. The highest BCUT2D eigenvalue weighted by Crippen LogP contribution is 2.56. The zero-order valence-electron chi connectivity index (χ0n) is 17.4. The predicted octanol–water partition coefficient (Wildman–Crippen LogP) is 1.75. The molecule has 1 spiro atoms. The minimum Gasteiger partial charge on any atom is -0.338 e. The molecule has 4 rings (SSSR count). The largest absolute Gasteiger partial charge is 0.338 e. The van der Waals surface area contributed by atoms with Crippen LogP contribution < -0.4 is 0 Å². The minimum absolute atomic E-state index is 0.0450. The Balaban J connectivity index is 1.42. The van der Waals surface area contributed by atoms with Gasteiger partial charge in [-0.25, -0.2) is 9.67 Å². The highest BCUT2D eigenvalue weighted by Gasteiger charge is 2.50. The molecule has 1 saturated heterocycles. The maximum absolute atomic E-state index is 12.7. The third-order valence-corrected chi connectivity index (χ3v) is 6.80. The number of aryl methyl sites for hydroxylation is 1. The van der Waals surface area contributed by atoms with Gasteiger partial charge in [-0.3, -0.25) is 9.59 Å². The summed E-state index contributed by atoms with van der Waals surface area (Å²) in [5, 5.41) is 8.44. The molecule has 1 saturated carbocycles. The molecule has 2 aromatic rings. The molecule has 9 heteroatoms. The zero-order chi connectivity index (χ0) is 20.6. The molecule has 2 fully saturated rings. The second-order valence-electron chi connectivity index (χ2n) is 8.16. The molecule has 1 unspecified atom stereocenters. The first-order chi connectivity index (χ1) is 14.0. The standard InChI is InChI=1S/C20H29N7O2/c1-4-25(5-2)18(28)15-13-27(23-22-15)17-6-7-20(17)8-10-26(11-9-20)19(29)16-12-21-14-24(16)3/h12-14,17H,4-11H2,1-3H3. The lowest BCUT2D eigenvalue weighted by Gasteiger charge is -2.53. The van der Waals surface area contributed by atoms with Crippen LogP contribution in [-0.4, -0.2) is 72.3 Å². The normalized spacial score (nSPS) is 20.5. The number of carbonyl (C=O) groups is 2. The highest BCUT2D eigenvalue weighted by molar-refractivity contribution is 5.92. The first kappa shape index (κ1) is 19.6. The lowest BCUT2D eigenvalue weighted by atomic mass is 9.59. The molecule has 0 N–H and O–H groups in total. The molecule has 0 bridgehead atoms. The van der Waals surface area contributed by atoms with Gasteiger partial charge in [0.2, 0.25) is 0 Å². The van der Waals surface area contributed by atoms with Gasteiger partial charge in [0.15, 0.2) is 5.69 Å². The summed E-state index contributed by atoms with van der Waals surface area (Å²) in [5.41, 5.74) is 1.19. The van der Waals surface area contributed by atoms with Crippen LogP contribution in [0.5, 0.6) is 0 Å². The smallest absolute Gasteiger partial charge is 0.276 e. The number of rotatable bonds is 5. The number of carbonyl (C=O) groups excluding carboxylic acids is 2. The van der Waals surface area contributed by atoms with Crippen molar-refractivity contribution in [3.63, 3.8) is 0 Å². The highest BCUT2D eigenvalue weighted by atomic mass is 16.2. The lowest BCUT2D eigenvalue weighted by molar-refractivity contribution is -0.0270. The van der Waals surface area contributed by atoms with Crippen LogP contribution in [0.25, 0.3) is 0 Å². The molecule has 2 aromatic heterocycles. The summed E-state index contributed by atoms with van der Waals surface area (Å²) in [6.45, 7) is 6.73. The van der Waals surface area contributed by atoms with Gasteiger partial charge in [-0.15, -0.1) is 5.10 Å². The van der Waals surface area contributed by atoms with Crippen molar-refractivity contribution < 1.29 is 9.59 Å². The summed E-state index contributed by atoms with van der Waals surface area (Å²) in [7, 11) is 1.84. The Bertz CT molecular complexity index is 890. The first-order valence-electron chi connectivity index (χ1n) is 10.5. The van der Waals surface area contributed by atoms with Gasteiger partial charge in [0, 0.05) is 33.2 Å². The Labute approximate surface area is 170 Å². The Morgan fingerprint density at radius 1 is 1.21 bits per heavy atom. The van der Waals surface area contributed by atoms with E-state index < -0.39 is 0 Å². The van der Waals surface area contributed by atoms with Crippen LogP contribution in [0.4, 0.5) is 0 Å².